The minimum absolute atomic E-state index is 0. The molecule has 0 spiro atoms. The molecule has 11 nitrogen and oxygen atoms in total. The molecular formula is C29H35Cl3N4O7. The molecule has 1 unspecified atom stereocenters. The zero-order valence-electron chi connectivity index (χ0n) is 23.6. The first-order valence-electron chi connectivity index (χ1n) is 13.6. The second-order valence-corrected chi connectivity index (χ2v) is 11.0. The van der Waals surface area contributed by atoms with Crippen LogP contribution in [-0.2, 0) is 46.2 Å². The molecule has 0 bridgehead atoms. The van der Waals surface area contributed by atoms with E-state index < -0.39 is 30.1 Å². The lowest BCUT2D eigenvalue weighted by Gasteiger charge is -2.41. The Morgan fingerprint density at radius 2 is 1.56 bits per heavy atom. The highest BCUT2D eigenvalue weighted by atomic mass is 35.5. The van der Waals surface area contributed by atoms with Crippen molar-refractivity contribution in [1.82, 2.24) is 15.1 Å². The van der Waals surface area contributed by atoms with E-state index in [-0.39, 0.29) is 43.3 Å². The van der Waals surface area contributed by atoms with Crippen LogP contribution >= 0.6 is 35.6 Å². The summed E-state index contributed by atoms with van der Waals surface area (Å²) in [5.74, 6) is -0.948. The van der Waals surface area contributed by atoms with Crippen molar-refractivity contribution in [2.24, 2.45) is 5.73 Å². The fraction of sp³-hybridized carbons (Fsp3) is 0.448. The first-order chi connectivity index (χ1) is 20.2. The number of hydrogen-bond acceptors (Lipinski definition) is 8. The third kappa shape index (κ3) is 9.04. The number of nitrogens with zero attached hydrogens (tertiary/aromatic N) is 2. The molecule has 2 aromatic carbocycles. The van der Waals surface area contributed by atoms with E-state index in [2.05, 4.69) is 5.32 Å². The molecule has 0 saturated carbocycles. The third-order valence-electron chi connectivity index (χ3n) is 7.25. The van der Waals surface area contributed by atoms with E-state index in [0.717, 1.165) is 11.1 Å². The van der Waals surface area contributed by atoms with E-state index in [1.165, 1.54) is 12.0 Å². The van der Waals surface area contributed by atoms with Crippen molar-refractivity contribution < 1.29 is 33.4 Å². The SMILES string of the molecule is COC(=O)[C@@H]1COCCN1C(=O)C(N)Cc1ccc(Cl)cc1.Cl.O=C1N[C@@H](Cc2ccc(Cl)cc2)C(=O)N2CCOC[C@@H]12. The number of rotatable bonds is 6. The van der Waals surface area contributed by atoms with Gasteiger partial charge in [0.25, 0.3) is 0 Å². The molecule has 0 aromatic heterocycles. The van der Waals surface area contributed by atoms with Gasteiger partial charge < -0.3 is 35.1 Å². The summed E-state index contributed by atoms with van der Waals surface area (Å²) in [6.07, 6.45) is 0.854. The molecule has 2 aromatic rings. The average Bonchev–Trinajstić information content (AvgIpc) is 3.01. The smallest absolute Gasteiger partial charge is 0.331 e. The Balaban J connectivity index is 0.000000231. The number of carbonyl (C=O) groups is 4. The van der Waals surface area contributed by atoms with Gasteiger partial charge in [0.15, 0.2) is 6.04 Å². The van der Waals surface area contributed by atoms with E-state index >= 15 is 0 Å². The zero-order chi connectivity index (χ0) is 30.2. The highest BCUT2D eigenvalue weighted by molar-refractivity contribution is 6.30. The van der Waals surface area contributed by atoms with Crippen LogP contribution in [0, 0.1) is 0 Å². The number of esters is 1. The van der Waals surface area contributed by atoms with Gasteiger partial charge >= 0.3 is 5.97 Å². The second-order valence-electron chi connectivity index (χ2n) is 10.1. The number of nitrogens with two attached hydrogens (primary N) is 1. The van der Waals surface area contributed by atoms with Crippen molar-refractivity contribution in [2.75, 3.05) is 46.6 Å². The number of morpholine rings is 2. The van der Waals surface area contributed by atoms with Crippen molar-refractivity contribution in [1.29, 1.82) is 0 Å². The van der Waals surface area contributed by atoms with Gasteiger partial charge in [-0.3, -0.25) is 14.4 Å². The van der Waals surface area contributed by atoms with Gasteiger partial charge in [-0.15, -0.1) is 12.4 Å². The predicted molar refractivity (Wildman–Crippen MR) is 162 cm³/mol. The molecule has 234 valence electrons. The highest BCUT2D eigenvalue weighted by Crippen LogP contribution is 2.18. The zero-order valence-corrected chi connectivity index (χ0v) is 25.9. The van der Waals surface area contributed by atoms with Crippen molar-refractivity contribution in [2.45, 2.75) is 37.0 Å². The van der Waals surface area contributed by atoms with E-state index in [4.69, 9.17) is 43.1 Å². The van der Waals surface area contributed by atoms with E-state index in [1.54, 1.807) is 29.2 Å². The van der Waals surface area contributed by atoms with Crippen molar-refractivity contribution in [3.8, 4) is 0 Å². The molecule has 3 aliphatic rings. The van der Waals surface area contributed by atoms with Gasteiger partial charge in [0, 0.05) is 29.6 Å². The number of hydrogen-bond donors (Lipinski definition) is 2. The van der Waals surface area contributed by atoms with Crippen LogP contribution in [-0.4, -0.2) is 104 Å². The predicted octanol–water partition coefficient (Wildman–Crippen LogP) is 1.64. The Bertz CT molecular complexity index is 1270. The quantitative estimate of drug-likeness (QED) is 0.447. The molecule has 0 aliphatic carbocycles. The van der Waals surface area contributed by atoms with E-state index in [0.29, 0.717) is 49.2 Å². The van der Waals surface area contributed by atoms with Crippen molar-refractivity contribution >= 4 is 59.3 Å². The molecule has 3 aliphatic heterocycles. The van der Waals surface area contributed by atoms with Gasteiger partial charge in [0.2, 0.25) is 17.7 Å². The summed E-state index contributed by atoms with van der Waals surface area (Å²) in [4.78, 5) is 51.8. The third-order valence-corrected chi connectivity index (χ3v) is 7.76. The van der Waals surface area contributed by atoms with Gasteiger partial charge in [-0.2, -0.15) is 0 Å². The maximum Gasteiger partial charge on any atom is 0.331 e. The van der Waals surface area contributed by atoms with Crippen LogP contribution in [0.1, 0.15) is 11.1 Å². The van der Waals surface area contributed by atoms with Gasteiger partial charge in [-0.1, -0.05) is 47.5 Å². The highest BCUT2D eigenvalue weighted by Gasteiger charge is 2.42. The monoisotopic (exact) mass is 656 g/mol. The lowest BCUT2D eigenvalue weighted by atomic mass is 10.00. The summed E-state index contributed by atoms with van der Waals surface area (Å²) in [5, 5.41) is 4.07. The molecule has 3 heterocycles. The molecule has 14 heteroatoms. The molecule has 5 rings (SSSR count). The summed E-state index contributed by atoms with van der Waals surface area (Å²) in [6.45, 7) is 2.09. The molecule has 3 amide bonds. The van der Waals surface area contributed by atoms with Crippen LogP contribution in [0.4, 0.5) is 0 Å². The van der Waals surface area contributed by atoms with Crippen LogP contribution in [0.25, 0.3) is 0 Å². The lowest BCUT2D eigenvalue weighted by Crippen LogP contribution is -2.67. The standard InChI is InChI=1S/C15H19ClN2O4.C14H15ClN2O3.ClH/c1-21-15(20)13-9-22-7-6-18(13)14(19)12(17)8-10-2-4-11(16)5-3-10;15-10-3-1-9(2-4-10)7-11-14(19)17-5-6-20-8-12(17)13(18)16-11;/h2-5,12-13H,6-9,17H2,1H3;1-4,11-12H,5-8H2,(H,16,18);1H/t12?,13-;11-,12-;/m00./s1. The number of benzene rings is 2. The number of nitrogens with one attached hydrogen (secondary N) is 1. The van der Waals surface area contributed by atoms with Crippen LogP contribution < -0.4 is 11.1 Å². The van der Waals surface area contributed by atoms with Gasteiger partial charge in [-0.25, -0.2) is 4.79 Å². The number of amides is 3. The minimum Gasteiger partial charge on any atom is -0.467 e. The second kappa shape index (κ2) is 16.2. The van der Waals surface area contributed by atoms with E-state index in [1.807, 2.05) is 24.3 Å². The van der Waals surface area contributed by atoms with Crippen LogP contribution in [0.2, 0.25) is 10.0 Å². The summed E-state index contributed by atoms with van der Waals surface area (Å²) in [5.41, 5.74) is 7.89. The number of ether oxygens (including phenoxy) is 3. The molecule has 4 atom stereocenters. The Kier molecular flexibility index (Phi) is 13.0. The lowest BCUT2D eigenvalue weighted by molar-refractivity contribution is -0.161. The van der Waals surface area contributed by atoms with E-state index in [9.17, 15) is 19.2 Å². The number of halogens is 3. The fourth-order valence-electron chi connectivity index (χ4n) is 4.98. The Labute approximate surface area is 266 Å². The first-order valence-corrected chi connectivity index (χ1v) is 14.3. The van der Waals surface area contributed by atoms with Crippen LogP contribution in [0.15, 0.2) is 48.5 Å². The molecule has 3 fully saturated rings. The molecular weight excluding hydrogens is 623 g/mol. The summed E-state index contributed by atoms with van der Waals surface area (Å²) in [7, 11) is 1.28. The number of methoxy groups -OCH3 is 1. The Morgan fingerprint density at radius 3 is 2.19 bits per heavy atom. The number of fused-ring (bicyclic) bond motifs is 1. The van der Waals surface area contributed by atoms with Crippen LogP contribution in [0.5, 0.6) is 0 Å². The summed E-state index contributed by atoms with van der Waals surface area (Å²) < 4.78 is 15.2. The van der Waals surface area contributed by atoms with Gasteiger partial charge in [0.1, 0.15) is 12.1 Å². The van der Waals surface area contributed by atoms with Crippen molar-refractivity contribution in [3.05, 3.63) is 69.7 Å². The normalized spacial score (nSPS) is 22.2. The van der Waals surface area contributed by atoms with Gasteiger partial charge in [-0.05, 0) is 41.8 Å². The molecule has 0 radical (unpaired) electrons. The maximum atomic E-state index is 12.5. The Morgan fingerprint density at radius 1 is 0.977 bits per heavy atom. The molecule has 3 saturated heterocycles. The minimum atomic E-state index is -0.734. The maximum absolute atomic E-state index is 12.5. The first kappa shape index (κ1) is 34.6. The topological polar surface area (TPSA) is 140 Å². The largest absolute Gasteiger partial charge is 0.467 e. The fourth-order valence-corrected chi connectivity index (χ4v) is 5.23. The van der Waals surface area contributed by atoms with Gasteiger partial charge in [0.05, 0.1) is 39.6 Å². The Hall–Kier alpha value is -2.93. The average molecular weight is 658 g/mol. The summed E-state index contributed by atoms with van der Waals surface area (Å²) >= 11 is 11.7. The number of piperazine rings is 1. The molecule has 43 heavy (non-hydrogen) atoms. The number of carbonyl (C=O) groups excluding carboxylic acids is 4. The molecule has 3 N–H and O–H groups in total. The van der Waals surface area contributed by atoms with Crippen molar-refractivity contribution in [3.63, 3.8) is 0 Å². The van der Waals surface area contributed by atoms with Crippen LogP contribution in [0.3, 0.4) is 0 Å². The summed E-state index contributed by atoms with van der Waals surface area (Å²) in [6, 6.07) is 12.0.